The minimum Gasteiger partial charge on any atom is -0.489 e. The van der Waals surface area contributed by atoms with Crippen molar-refractivity contribution in [2.75, 3.05) is 14.1 Å². The van der Waals surface area contributed by atoms with Crippen LogP contribution in [0.25, 0.3) is 0 Å². The number of likely N-dealkylation sites (N-methyl/N-ethyl adjacent to an activating group) is 1. The van der Waals surface area contributed by atoms with E-state index in [1.54, 1.807) is 14.1 Å². The van der Waals surface area contributed by atoms with Crippen LogP contribution in [0.4, 0.5) is 0 Å². The van der Waals surface area contributed by atoms with E-state index >= 15 is 0 Å². The van der Waals surface area contributed by atoms with Gasteiger partial charge in [-0.15, -0.1) is 0 Å². The number of ether oxygens (including phenoxy) is 1. The standard InChI is InChI=1S/C43H46N3O3P/c1-43(2,3)40(44-30-34-19-15-16-24-39(34)50(36-20-11-7-12-21-36)37-22-13-8-14-23-37)41(47)45-38(42(48)46(4)5)29-32-25-27-35(28-26-32)49-31-33-17-9-6-10-18-33/h6-28,30,38,40H,29,31H2,1-5H3,(H,45,47)/t38-,40+/m0/s1. The summed E-state index contributed by atoms with van der Waals surface area (Å²) in [5, 5.41) is 6.70. The number of hydrogen-bond acceptors (Lipinski definition) is 4. The number of rotatable bonds is 13. The van der Waals surface area contributed by atoms with Crippen molar-refractivity contribution in [2.45, 2.75) is 45.9 Å². The maximum Gasteiger partial charge on any atom is 0.245 e. The largest absolute Gasteiger partial charge is 0.489 e. The van der Waals surface area contributed by atoms with Crippen molar-refractivity contribution in [3.63, 3.8) is 0 Å². The zero-order valence-electron chi connectivity index (χ0n) is 29.5. The highest BCUT2D eigenvalue weighted by atomic mass is 31.1. The Balaban J connectivity index is 1.37. The Morgan fingerprint density at radius 2 is 1.28 bits per heavy atom. The van der Waals surface area contributed by atoms with Crippen molar-refractivity contribution in [1.29, 1.82) is 0 Å². The average Bonchev–Trinajstić information content (AvgIpc) is 3.12. The first kappa shape index (κ1) is 36.2. The quantitative estimate of drug-likeness (QED) is 0.111. The summed E-state index contributed by atoms with van der Waals surface area (Å²) in [7, 11) is 2.54. The topological polar surface area (TPSA) is 71.0 Å². The first-order valence-corrected chi connectivity index (χ1v) is 18.2. The summed E-state index contributed by atoms with van der Waals surface area (Å²) in [6, 6.07) is 45.5. The van der Waals surface area contributed by atoms with Gasteiger partial charge in [-0.3, -0.25) is 14.6 Å². The van der Waals surface area contributed by atoms with Gasteiger partial charge in [0.1, 0.15) is 24.4 Å². The van der Waals surface area contributed by atoms with Crippen molar-refractivity contribution < 1.29 is 14.3 Å². The van der Waals surface area contributed by atoms with Gasteiger partial charge in [-0.05, 0) is 52.5 Å². The van der Waals surface area contributed by atoms with Crippen LogP contribution >= 0.6 is 7.92 Å². The normalized spacial score (nSPS) is 12.8. The molecule has 0 unspecified atom stereocenters. The lowest BCUT2D eigenvalue weighted by Gasteiger charge is -2.29. The minimum atomic E-state index is -0.867. The Kier molecular flexibility index (Phi) is 12.4. The van der Waals surface area contributed by atoms with E-state index in [-0.39, 0.29) is 11.8 Å². The van der Waals surface area contributed by atoms with Crippen LogP contribution in [0.3, 0.4) is 0 Å². The van der Waals surface area contributed by atoms with Crippen molar-refractivity contribution in [3.05, 3.63) is 156 Å². The fourth-order valence-corrected chi connectivity index (χ4v) is 8.10. The van der Waals surface area contributed by atoms with Crippen LogP contribution in [0.1, 0.15) is 37.5 Å². The summed E-state index contributed by atoms with van der Waals surface area (Å²) in [6.45, 7) is 6.46. The molecule has 0 aliphatic carbocycles. The van der Waals surface area contributed by atoms with E-state index < -0.39 is 25.4 Å². The van der Waals surface area contributed by atoms with Gasteiger partial charge in [0.15, 0.2) is 0 Å². The number of carbonyl (C=O) groups excluding carboxylic acids is 2. The lowest BCUT2D eigenvalue weighted by atomic mass is 9.86. The first-order chi connectivity index (χ1) is 24.1. The van der Waals surface area contributed by atoms with Crippen LogP contribution in [-0.2, 0) is 22.6 Å². The number of hydrogen-bond donors (Lipinski definition) is 1. The number of nitrogens with zero attached hydrogens (tertiary/aromatic N) is 2. The van der Waals surface area contributed by atoms with Crippen LogP contribution < -0.4 is 26.0 Å². The van der Waals surface area contributed by atoms with E-state index in [0.29, 0.717) is 13.0 Å². The van der Waals surface area contributed by atoms with Gasteiger partial charge < -0.3 is 15.0 Å². The van der Waals surface area contributed by atoms with E-state index in [9.17, 15) is 9.59 Å². The molecule has 50 heavy (non-hydrogen) atoms. The first-order valence-electron chi connectivity index (χ1n) is 16.9. The molecule has 0 saturated carbocycles. The molecule has 6 nitrogen and oxygen atoms in total. The molecule has 2 atom stereocenters. The van der Waals surface area contributed by atoms with Crippen LogP contribution in [0, 0.1) is 5.41 Å². The third-order valence-corrected chi connectivity index (χ3v) is 10.8. The Morgan fingerprint density at radius 1 is 0.740 bits per heavy atom. The summed E-state index contributed by atoms with van der Waals surface area (Å²) >= 11 is 0. The monoisotopic (exact) mass is 683 g/mol. The highest BCUT2D eigenvalue weighted by Crippen LogP contribution is 2.34. The predicted molar refractivity (Wildman–Crippen MR) is 208 cm³/mol. The Labute approximate surface area is 298 Å². The van der Waals surface area contributed by atoms with Gasteiger partial charge in [-0.2, -0.15) is 0 Å². The van der Waals surface area contributed by atoms with Crippen molar-refractivity contribution >= 4 is 41.9 Å². The molecule has 0 radical (unpaired) electrons. The van der Waals surface area contributed by atoms with Crippen molar-refractivity contribution in [1.82, 2.24) is 10.2 Å². The predicted octanol–water partition coefficient (Wildman–Crippen LogP) is 6.67. The second kappa shape index (κ2) is 17.0. The molecule has 7 heteroatoms. The van der Waals surface area contributed by atoms with Crippen LogP contribution in [0.2, 0.25) is 0 Å². The molecule has 256 valence electrons. The molecule has 0 fully saturated rings. The summed E-state index contributed by atoms with van der Waals surface area (Å²) in [5.74, 6) is 0.270. The van der Waals surface area contributed by atoms with Gasteiger partial charge >= 0.3 is 0 Å². The Morgan fingerprint density at radius 3 is 1.84 bits per heavy atom. The smallest absolute Gasteiger partial charge is 0.245 e. The Bertz CT molecular complexity index is 1820. The van der Waals surface area contributed by atoms with Crippen molar-refractivity contribution in [2.24, 2.45) is 10.4 Å². The molecule has 0 spiro atoms. The fraction of sp³-hybridized carbons (Fsp3) is 0.233. The number of carbonyl (C=O) groups is 2. The van der Waals surface area contributed by atoms with Gasteiger partial charge in [0.05, 0.1) is 0 Å². The molecule has 0 saturated heterocycles. The summed E-state index contributed by atoms with van der Waals surface area (Å²) in [6.07, 6.45) is 2.17. The fourth-order valence-electron chi connectivity index (χ4n) is 5.68. The van der Waals surface area contributed by atoms with E-state index in [2.05, 4.69) is 72.0 Å². The SMILES string of the molecule is CN(C)C(=O)[C@H](Cc1ccc(OCc2ccccc2)cc1)NC(=O)[C@@H](N=Cc1ccccc1P(c1ccccc1)c1ccccc1)C(C)(C)C. The Hall–Kier alpha value is -5.06. The maximum absolute atomic E-state index is 14.1. The molecule has 0 aliphatic heterocycles. The minimum absolute atomic E-state index is 0.180. The second-order valence-electron chi connectivity index (χ2n) is 13.5. The molecule has 0 aromatic heterocycles. The third kappa shape index (κ3) is 9.77. The number of benzene rings is 5. The summed E-state index contributed by atoms with van der Waals surface area (Å²) < 4.78 is 5.95. The number of nitrogens with one attached hydrogen (secondary N) is 1. The van der Waals surface area contributed by atoms with Crippen molar-refractivity contribution in [3.8, 4) is 5.75 Å². The van der Waals surface area contributed by atoms with Gasteiger partial charge in [0.2, 0.25) is 11.8 Å². The van der Waals surface area contributed by atoms with E-state index in [4.69, 9.17) is 9.73 Å². The van der Waals surface area contributed by atoms with Crippen LogP contribution in [-0.4, -0.2) is 49.1 Å². The highest BCUT2D eigenvalue weighted by Gasteiger charge is 2.34. The lowest BCUT2D eigenvalue weighted by molar-refractivity contribution is -0.135. The molecule has 5 rings (SSSR count). The van der Waals surface area contributed by atoms with Crippen LogP contribution in [0.15, 0.2) is 145 Å². The molecule has 0 aliphatic rings. The lowest BCUT2D eigenvalue weighted by Crippen LogP contribution is -2.52. The highest BCUT2D eigenvalue weighted by molar-refractivity contribution is 7.80. The summed E-state index contributed by atoms with van der Waals surface area (Å²) in [5.41, 5.74) is 2.45. The zero-order valence-corrected chi connectivity index (χ0v) is 30.4. The van der Waals surface area contributed by atoms with Crippen LogP contribution in [0.5, 0.6) is 5.75 Å². The maximum atomic E-state index is 14.1. The molecular formula is C43H46N3O3P. The summed E-state index contributed by atoms with van der Waals surface area (Å²) in [4.78, 5) is 33.9. The molecule has 5 aromatic carbocycles. The van der Waals surface area contributed by atoms with E-state index in [0.717, 1.165) is 27.7 Å². The van der Waals surface area contributed by atoms with E-state index in [1.807, 2.05) is 99.8 Å². The number of aliphatic imine (C=N–C) groups is 1. The third-order valence-electron chi connectivity index (χ3n) is 8.30. The molecule has 0 heterocycles. The van der Waals surface area contributed by atoms with Gasteiger partial charge in [-0.25, -0.2) is 0 Å². The zero-order chi connectivity index (χ0) is 35.5. The van der Waals surface area contributed by atoms with Gasteiger partial charge in [0.25, 0.3) is 0 Å². The molecule has 2 amide bonds. The van der Waals surface area contributed by atoms with Gasteiger partial charge in [0, 0.05) is 32.3 Å². The number of amides is 2. The van der Waals surface area contributed by atoms with E-state index in [1.165, 1.54) is 15.5 Å². The van der Waals surface area contributed by atoms with Gasteiger partial charge in [-0.1, -0.05) is 148 Å². The molecule has 1 N–H and O–H groups in total. The molecule has 0 bridgehead atoms. The average molecular weight is 684 g/mol. The molecule has 5 aromatic rings. The molecular weight excluding hydrogens is 637 g/mol. The second-order valence-corrected chi connectivity index (χ2v) is 15.7.